The Kier molecular flexibility index (Phi) is 4.45. The van der Waals surface area contributed by atoms with E-state index in [1.165, 1.54) is 0 Å². The van der Waals surface area contributed by atoms with Crippen molar-refractivity contribution in [2.45, 2.75) is 49.2 Å². The van der Waals surface area contributed by atoms with Crippen molar-refractivity contribution in [1.29, 1.82) is 0 Å². The number of hydrogen-bond donors (Lipinski definition) is 1. The Morgan fingerprint density at radius 1 is 1.50 bits per heavy atom. The minimum absolute atomic E-state index is 0.243. The van der Waals surface area contributed by atoms with Crippen LogP contribution >= 0.6 is 22.6 Å². The molecule has 1 fully saturated rings. The summed E-state index contributed by atoms with van der Waals surface area (Å²) in [7, 11) is 0. The van der Waals surface area contributed by atoms with E-state index in [1.54, 1.807) is 4.90 Å². The van der Waals surface area contributed by atoms with Gasteiger partial charge in [0.05, 0.1) is 0 Å². The smallest absolute Gasteiger partial charge is 0.411 e. The molecule has 0 spiro atoms. The Balaban J connectivity index is 2.72. The van der Waals surface area contributed by atoms with Gasteiger partial charge in [0.15, 0.2) is 0 Å². The molecule has 1 heterocycles. The fourth-order valence-electron chi connectivity index (χ4n) is 1.79. The molecule has 0 aromatic rings. The lowest BCUT2D eigenvalue weighted by molar-refractivity contribution is 0.00841. The van der Waals surface area contributed by atoms with Gasteiger partial charge in [-0.25, -0.2) is 4.79 Å². The molecule has 1 rings (SSSR count). The van der Waals surface area contributed by atoms with Gasteiger partial charge in [0.25, 0.3) is 0 Å². The summed E-state index contributed by atoms with van der Waals surface area (Å²) in [6.45, 7) is 6.87. The third kappa shape index (κ3) is 3.48. The van der Waals surface area contributed by atoms with Crippen LogP contribution < -0.4 is 5.73 Å². The minimum atomic E-state index is -0.444. The van der Waals surface area contributed by atoms with Crippen LogP contribution in [0, 0.1) is 0 Å². The highest BCUT2D eigenvalue weighted by atomic mass is 127. The normalized spacial score (nSPS) is 26.7. The summed E-state index contributed by atoms with van der Waals surface area (Å²) in [5, 5.41) is 0. The molecular weight excluding hydrogens is 319 g/mol. The second-order valence-corrected chi connectivity index (χ2v) is 7.22. The van der Waals surface area contributed by atoms with Crippen molar-refractivity contribution in [3.8, 4) is 0 Å². The molecule has 0 radical (unpaired) electrons. The quantitative estimate of drug-likeness (QED) is 0.453. The predicted molar refractivity (Wildman–Crippen MR) is 72.6 cm³/mol. The number of alkyl halides is 1. The third-order valence-electron chi connectivity index (χ3n) is 2.60. The van der Waals surface area contributed by atoms with Gasteiger partial charge < -0.3 is 10.5 Å². The maximum absolute atomic E-state index is 12.0. The summed E-state index contributed by atoms with van der Waals surface area (Å²) in [6.07, 6.45) is 2.86. The molecule has 16 heavy (non-hydrogen) atoms. The van der Waals surface area contributed by atoms with E-state index in [0.29, 0.717) is 6.54 Å². The second-order valence-electron chi connectivity index (χ2n) is 5.21. The van der Waals surface area contributed by atoms with E-state index >= 15 is 0 Å². The van der Waals surface area contributed by atoms with Gasteiger partial charge in [0, 0.05) is 13.1 Å². The van der Waals surface area contributed by atoms with E-state index in [9.17, 15) is 4.79 Å². The Hall–Kier alpha value is -0.0400. The SMILES string of the molecule is CC(C)(C)OC(=O)N1CCCCC1(I)CN. The maximum atomic E-state index is 12.0. The van der Waals surface area contributed by atoms with Gasteiger partial charge in [0.1, 0.15) is 9.15 Å². The number of carbonyl (C=O) groups is 1. The number of piperidine rings is 1. The fraction of sp³-hybridized carbons (Fsp3) is 0.909. The van der Waals surface area contributed by atoms with Gasteiger partial charge in [-0.05, 0) is 40.0 Å². The highest BCUT2D eigenvalue weighted by Gasteiger charge is 2.40. The summed E-state index contributed by atoms with van der Waals surface area (Å²) in [5.74, 6) is 0. The average Bonchev–Trinajstić information content (AvgIpc) is 2.15. The van der Waals surface area contributed by atoms with Crippen molar-refractivity contribution in [2.75, 3.05) is 13.1 Å². The van der Waals surface area contributed by atoms with Crippen LogP contribution in [0.2, 0.25) is 0 Å². The first-order valence-corrected chi connectivity index (χ1v) is 6.76. The van der Waals surface area contributed by atoms with Crippen molar-refractivity contribution < 1.29 is 9.53 Å². The number of hydrogen-bond acceptors (Lipinski definition) is 3. The van der Waals surface area contributed by atoms with Crippen molar-refractivity contribution in [3.63, 3.8) is 0 Å². The first-order valence-electron chi connectivity index (χ1n) is 5.68. The van der Waals surface area contributed by atoms with Crippen molar-refractivity contribution in [1.82, 2.24) is 4.90 Å². The van der Waals surface area contributed by atoms with Gasteiger partial charge in [-0.2, -0.15) is 0 Å². The maximum Gasteiger partial charge on any atom is 0.411 e. The number of nitrogens with two attached hydrogens (primary N) is 1. The zero-order valence-electron chi connectivity index (χ0n) is 10.3. The molecule has 94 valence electrons. The van der Waals surface area contributed by atoms with Crippen molar-refractivity contribution in [3.05, 3.63) is 0 Å². The summed E-state index contributed by atoms with van der Waals surface area (Å²) in [4.78, 5) is 13.8. The number of likely N-dealkylation sites (tertiary alicyclic amines) is 1. The molecule has 2 N–H and O–H groups in total. The lowest BCUT2D eigenvalue weighted by Crippen LogP contribution is -2.55. The molecule has 1 saturated heterocycles. The van der Waals surface area contributed by atoms with Crippen molar-refractivity contribution >= 4 is 28.7 Å². The lowest BCUT2D eigenvalue weighted by atomic mass is 10.0. The predicted octanol–water partition coefficient (Wildman–Crippen LogP) is 2.50. The van der Waals surface area contributed by atoms with Gasteiger partial charge in [-0.3, -0.25) is 4.90 Å². The van der Waals surface area contributed by atoms with Gasteiger partial charge in [-0.1, -0.05) is 22.6 Å². The molecule has 1 atom stereocenters. The van der Waals surface area contributed by atoms with Crippen LogP contribution in [0.5, 0.6) is 0 Å². The topological polar surface area (TPSA) is 55.6 Å². The molecule has 0 bridgehead atoms. The molecule has 0 aromatic heterocycles. The molecule has 0 aromatic carbocycles. The number of nitrogens with zero attached hydrogens (tertiary/aromatic N) is 1. The molecule has 1 amide bonds. The zero-order valence-corrected chi connectivity index (χ0v) is 12.4. The van der Waals surface area contributed by atoms with E-state index in [1.807, 2.05) is 20.8 Å². The van der Waals surface area contributed by atoms with E-state index in [0.717, 1.165) is 25.8 Å². The van der Waals surface area contributed by atoms with Crippen LogP contribution in [0.15, 0.2) is 0 Å². The molecule has 0 saturated carbocycles. The van der Waals surface area contributed by atoms with Crippen LogP contribution in [0.1, 0.15) is 40.0 Å². The van der Waals surface area contributed by atoms with Crippen LogP contribution in [0.25, 0.3) is 0 Å². The lowest BCUT2D eigenvalue weighted by Gasteiger charge is -2.42. The van der Waals surface area contributed by atoms with Crippen LogP contribution in [-0.4, -0.2) is 33.2 Å². The Morgan fingerprint density at radius 3 is 2.62 bits per heavy atom. The van der Waals surface area contributed by atoms with E-state index in [2.05, 4.69) is 22.6 Å². The largest absolute Gasteiger partial charge is 0.444 e. The molecule has 5 heteroatoms. The van der Waals surface area contributed by atoms with E-state index in [4.69, 9.17) is 10.5 Å². The third-order valence-corrected chi connectivity index (χ3v) is 4.16. The Labute approximate surface area is 111 Å². The van der Waals surface area contributed by atoms with Crippen LogP contribution in [0.4, 0.5) is 4.79 Å². The fourth-order valence-corrected chi connectivity index (χ4v) is 2.60. The average molecular weight is 340 g/mol. The minimum Gasteiger partial charge on any atom is -0.444 e. The highest BCUT2D eigenvalue weighted by molar-refractivity contribution is 14.1. The monoisotopic (exact) mass is 340 g/mol. The second kappa shape index (κ2) is 5.08. The summed E-state index contributed by atoms with van der Waals surface area (Å²) in [6, 6.07) is 0. The number of carbonyl (C=O) groups excluding carboxylic acids is 1. The summed E-state index contributed by atoms with van der Waals surface area (Å²) >= 11 is 2.28. The number of ether oxygens (including phenoxy) is 1. The first kappa shape index (κ1) is 14.0. The number of rotatable bonds is 1. The van der Waals surface area contributed by atoms with Crippen LogP contribution in [0.3, 0.4) is 0 Å². The van der Waals surface area contributed by atoms with Crippen LogP contribution in [-0.2, 0) is 4.74 Å². The molecular formula is C11H21IN2O2. The van der Waals surface area contributed by atoms with Gasteiger partial charge in [-0.15, -0.1) is 0 Å². The first-order chi connectivity index (χ1) is 7.28. The Morgan fingerprint density at radius 2 is 2.12 bits per heavy atom. The van der Waals surface area contributed by atoms with Gasteiger partial charge in [0.2, 0.25) is 0 Å². The molecule has 0 aliphatic carbocycles. The summed E-state index contributed by atoms with van der Waals surface area (Å²) < 4.78 is 5.14. The molecule has 1 unspecified atom stereocenters. The standard InChI is InChI=1S/C11H21IN2O2/c1-10(2,3)16-9(15)14-7-5-4-6-11(14,12)8-13/h4-8,13H2,1-3H3. The van der Waals surface area contributed by atoms with Gasteiger partial charge >= 0.3 is 6.09 Å². The van der Waals surface area contributed by atoms with E-state index in [-0.39, 0.29) is 9.64 Å². The highest BCUT2D eigenvalue weighted by Crippen LogP contribution is 2.34. The number of halogens is 1. The summed E-state index contributed by atoms with van der Waals surface area (Å²) in [5.41, 5.74) is 5.33. The molecule has 1 aliphatic rings. The zero-order chi connectivity index (χ0) is 12.4. The Bertz CT molecular complexity index is 265. The molecule has 4 nitrogen and oxygen atoms in total. The van der Waals surface area contributed by atoms with E-state index < -0.39 is 5.60 Å². The van der Waals surface area contributed by atoms with Crippen molar-refractivity contribution in [2.24, 2.45) is 5.73 Å². The molecule has 1 aliphatic heterocycles. The number of amides is 1.